The highest BCUT2D eigenvalue weighted by atomic mass is 16.5. The first-order chi connectivity index (χ1) is 10.3. The fourth-order valence-electron chi connectivity index (χ4n) is 1.78. The molecule has 5 nitrogen and oxygen atoms in total. The van der Waals surface area contributed by atoms with Crippen LogP contribution in [0.2, 0.25) is 0 Å². The lowest BCUT2D eigenvalue weighted by molar-refractivity contribution is -0.119. The van der Waals surface area contributed by atoms with Gasteiger partial charge < -0.3 is 15.4 Å². The summed E-state index contributed by atoms with van der Waals surface area (Å²) in [6.45, 7) is 3.33. The highest BCUT2D eigenvalue weighted by molar-refractivity contribution is 5.80. The summed E-state index contributed by atoms with van der Waals surface area (Å²) < 4.78 is 5.36. The number of amides is 1. The first-order valence-electron chi connectivity index (χ1n) is 6.90. The van der Waals surface area contributed by atoms with Gasteiger partial charge in [0.05, 0.1) is 13.2 Å². The van der Waals surface area contributed by atoms with Crippen molar-refractivity contribution in [2.45, 2.75) is 13.5 Å². The highest BCUT2D eigenvalue weighted by Gasteiger charge is 2.01. The average molecular weight is 285 g/mol. The minimum Gasteiger partial charge on any atom is -0.494 e. The van der Waals surface area contributed by atoms with Crippen molar-refractivity contribution in [3.8, 4) is 5.75 Å². The topological polar surface area (TPSA) is 63.2 Å². The van der Waals surface area contributed by atoms with E-state index >= 15 is 0 Å². The number of aromatic nitrogens is 1. The van der Waals surface area contributed by atoms with Gasteiger partial charge in [-0.1, -0.05) is 0 Å². The van der Waals surface area contributed by atoms with Crippen molar-refractivity contribution in [3.63, 3.8) is 0 Å². The number of benzene rings is 1. The number of nitrogens with zero attached hydrogens (tertiary/aromatic N) is 1. The molecule has 0 aliphatic carbocycles. The van der Waals surface area contributed by atoms with Crippen LogP contribution < -0.4 is 15.4 Å². The van der Waals surface area contributed by atoms with Crippen LogP contribution >= 0.6 is 0 Å². The van der Waals surface area contributed by atoms with Crippen LogP contribution in [0.3, 0.4) is 0 Å². The lowest BCUT2D eigenvalue weighted by atomic mass is 10.2. The summed E-state index contributed by atoms with van der Waals surface area (Å²) in [7, 11) is 0. The van der Waals surface area contributed by atoms with E-state index in [2.05, 4.69) is 15.6 Å². The van der Waals surface area contributed by atoms with Gasteiger partial charge in [-0.25, -0.2) is 0 Å². The number of carbonyl (C=O) groups is 1. The molecule has 21 heavy (non-hydrogen) atoms. The maximum absolute atomic E-state index is 11.7. The molecule has 0 bridgehead atoms. The molecule has 0 fully saturated rings. The second kappa shape index (κ2) is 7.89. The number of carbonyl (C=O) groups excluding carboxylic acids is 1. The molecule has 0 aliphatic heterocycles. The third-order valence-electron chi connectivity index (χ3n) is 2.86. The molecule has 0 saturated carbocycles. The first-order valence-corrected chi connectivity index (χ1v) is 6.90. The van der Waals surface area contributed by atoms with Crippen LogP contribution in [0.5, 0.6) is 5.75 Å². The molecule has 110 valence electrons. The zero-order chi connectivity index (χ0) is 14.9. The van der Waals surface area contributed by atoms with Gasteiger partial charge in [0.25, 0.3) is 0 Å². The fourth-order valence-corrected chi connectivity index (χ4v) is 1.78. The molecule has 0 radical (unpaired) electrons. The summed E-state index contributed by atoms with van der Waals surface area (Å²) >= 11 is 0. The third-order valence-corrected chi connectivity index (χ3v) is 2.86. The first kappa shape index (κ1) is 14.8. The minimum absolute atomic E-state index is 0.0549. The molecule has 1 heterocycles. The Morgan fingerprint density at radius 2 is 1.86 bits per heavy atom. The summed E-state index contributed by atoms with van der Waals surface area (Å²) in [6.07, 6.45) is 3.42. The van der Waals surface area contributed by atoms with Crippen molar-refractivity contribution in [1.82, 2.24) is 10.3 Å². The third kappa shape index (κ3) is 5.14. The average Bonchev–Trinajstić information content (AvgIpc) is 2.53. The Kier molecular flexibility index (Phi) is 5.58. The Balaban J connectivity index is 1.73. The van der Waals surface area contributed by atoms with E-state index in [0.29, 0.717) is 13.2 Å². The monoisotopic (exact) mass is 285 g/mol. The highest BCUT2D eigenvalue weighted by Crippen LogP contribution is 2.15. The molecule has 0 atom stereocenters. The SMILES string of the molecule is CCOc1ccc(NCC(=O)NCc2ccncc2)cc1. The number of hydrogen-bond donors (Lipinski definition) is 2. The quantitative estimate of drug-likeness (QED) is 0.818. The Labute approximate surface area is 124 Å². The molecular formula is C16H19N3O2. The number of nitrogens with one attached hydrogen (secondary N) is 2. The molecule has 0 aliphatic rings. The van der Waals surface area contributed by atoms with Gasteiger partial charge in [0.2, 0.25) is 5.91 Å². The van der Waals surface area contributed by atoms with E-state index in [1.807, 2.05) is 43.3 Å². The van der Waals surface area contributed by atoms with Crippen molar-refractivity contribution in [1.29, 1.82) is 0 Å². The number of rotatable bonds is 7. The van der Waals surface area contributed by atoms with E-state index < -0.39 is 0 Å². The number of ether oxygens (including phenoxy) is 1. The van der Waals surface area contributed by atoms with E-state index in [0.717, 1.165) is 17.0 Å². The van der Waals surface area contributed by atoms with Crippen LogP contribution in [0.15, 0.2) is 48.8 Å². The van der Waals surface area contributed by atoms with Gasteiger partial charge >= 0.3 is 0 Å². The Bertz CT molecular complexity index is 555. The van der Waals surface area contributed by atoms with E-state index in [1.165, 1.54) is 0 Å². The van der Waals surface area contributed by atoms with E-state index in [1.54, 1.807) is 12.4 Å². The zero-order valence-electron chi connectivity index (χ0n) is 12.0. The van der Waals surface area contributed by atoms with Crippen molar-refractivity contribution < 1.29 is 9.53 Å². The molecule has 1 aromatic carbocycles. The lowest BCUT2D eigenvalue weighted by Gasteiger charge is -2.09. The number of pyridine rings is 1. The lowest BCUT2D eigenvalue weighted by Crippen LogP contribution is -2.29. The van der Waals surface area contributed by atoms with Crippen LogP contribution in [0.4, 0.5) is 5.69 Å². The molecule has 0 unspecified atom stereocenters. The maximum Gasteiger partial charge on any atom is 0.239 e. The van der Waals surface area contributed by atoms with Crippen molar-refractivity contribution >= 4 is 11.6 Å². The maximum atomic E-state index is 11.7. The molecule has 1 aromatic heterocycles. The van der Waals surface area contributed by atoms with Gasteiger partial charge in [0.1, 0.15) is 5.75 Å². The molecule has 2 rings (SSSR count). The Morgan fingerprint density at radius 1 is 1.14 bits per heavy atom. The summed E-state index contributed by atoms with van der Waals surface area (Å²) in [5.74, 6) is 0.769. The van der Waals surface area contributed by atoms with Crippen LogP contribution in [-0.2, 0) is 11.3 Å². The normalized spacial score (nSPS) is 9.95. The van der Waals surface area contributed by atoms with Gasteiger partial charge in [-0.15, -0.1) is 0 Å². The molecule has 2 N–H and O–H groups in total. The fraction of sp³-hybridized carbons (Fsp3) is 0.250. The molecule has 2 aromatic rings. The van der Waals surface area contributed by atoms with Crippen molar-refractivity contribution in [3.05, 3.63) is 54.4 Å². The van der Waals surface area contributed by atoms with Gasteiger partial charge in [-0.05, 0) is 48.9 Å². The predicted octanol–water partition coefficient (Wildman–Crippen LogP) is 2.21. The number of anilines is 1. The smallest absolute Gasteiger partial charge is 0.239 e. The van der Waals surface area contributed by atoms with Gasteiger partial charge in [0, 0.05) is 24.6 Å². The van der Waals surface area contributed by atoms with E-state index in [-0.39, 0.29) is 12.5 Å². The molecule has 1 amide bonds. The van der Waals surface area contributed by atoms with E-state index in [9.17, 15) is 4.79 Å². The summed E-state index contributed by atoms with van der Waals surface area (Å²) in [4.78, 5) is 15.7. The second-order valence-corrected chi connectivity index (χ2v) is 4.44. The van der Waals surface area contributed by atoms with Crippen LogP contribution in [-0.4, -0.2) is 24.0 Å². The van der Waals surface area contributed by atoms with Gasteiger partial charge in [0.15, 0.2) is 0 Å². The Hall–Kier alpha value is -2.56. The van der Waals surface area contributed by atoms with Gasteiger partial charge in [-0.2, -0.15) is 0 Å². The Morgan fingerprint density at radius 3 is 2.52 bits per heavy atom. The van der Waals surface area contributed by atoms with E-state index in [4.69, 9.17) is 4.74 Å². The van der Waals surface area contributed by atoms with Gasteiger partial charge in [-0.3, -0.25) is 9.78 Å². The largest absolute Gasteiger partial charge is 0.494 e. The minimum atomic E-state index is -0.0549. The molecule has 5 heteroatoms. The molecular weight excluding hydrogens is 266 g/mol. The summed E-state index contributed by atoms with van der Waals surface area (Å²) in [5, 5.41) is 5.92. The van der Waals surface area contributed by atoms with Crippen LogP contribution in [0.25, 0.3) is 0 Å². The van der Waals surface area contributed by atoms with Crippen LogP contribution in [0, 0.1) is 0 Å². The van der Waals surface area contributed by atoms with Crippen molar-refractivity contribution in [2.24, 2.45) is 0 Å². The number of hydrogen-bond acceptors (Lipinski definition) is 4. The second-order valence-electron chi connectivity index (χ2n) is 4.44. The summed E-state index contributed by atoms with van der Waals surface area (Å²) in [5.41, 5.74) is 1.91. The molecule has 0 spiro atoms. The van der Waals surface area contributed by atoms with Crippen molar-refractivity contribution in [2.75, 3.05) is 18.5 Å². The standard InChI is InChI=1S/C16H19N3O2/c1-2-21-15-5-3-14(4-6-15)18-12-16(20)19-11-13-7-9-17-10-8-13/h3-10,18H,2,11-12H2,1H3,(H,19,20). The predicted molar refractivity (Wildman–Crippen MR) is 82.2 cm³/mol. The summed E-state index contributed by atoms with van der Waals surface area (Å²) in [6, 6.07) is 11.3. The van der Waals surface area contributed by atoms with Crippen LogP contribution in [0.1, 0.15) is 12.5 Å². The molecule has 0 saturated heterocycles. The zero-order valence-corrected chi connectivity index (χ0v) is 12.0.